The van der Waals surface area contributed by atoms with Crippen LogP contribution in [0.25, 0.3) is 0 Å². The number of aliphatic carboxylic acids is 1. The third-order valence-electron chi connectivity index (χ3n) is 1.62. The van der Waals surface area contributed by atoms with Crippen molar-refractivity contribution in [1.29, 1.82) is 0 Å². The molecule has 0 aliphatic heterocycles. The number of carbonyl (C=O) groups is 1. The minimum atomic E-state index is -2.03. The van der Waals surface area contributed by atoms with Crippen molar-refractivity contribution < 1.29 is 29.5 Å². The van der Waals surface area contributed by atoms with E-state index in [-0.39, 0.29) is 0 Å². The van der Waals surface area contributed by atoms with Crippen molar-refractivity contribution in [3.8, 4) is 0 Å². The second-order valence-electron chi connectivity index (χ2n) is 2.87. The predicted octanol–water partition coefficient (Wildman–Crippen LogP) is 0.342. The Balaban J connectivity index is 0. The molecule has 9 heteroatoms. The summed E-state index contributed by atoms with van der Waals surface area (Å²) in [5.74, 6) is -0.833. The molecule has 98 valence electrons. The summed E-state index contributed by atoms with van der Waals surface area (Å²) in [6, 6.07) is 0. The number of hydrogen-bond donors (Lipinski definition) is 4. The Hall–Kier alpha value is 0.180. The molecule has 0 saturated heterocycles. The highest BCUT2D eigenvalue weighted by Gasteiger charge is 2.50. The van der Waals surface area contributed by atoms with Crippen LogP contribution in [0.15, 0.2) is 0 Å². The zero-order chi connectivity index (χ0) is 13.4. The van der Waals surface area contributed by atoms with E-state index in [4.69, 9.17) is 60.3 Å². The van der Waals surface area contributed by atoms with Gasteiger partial charge in [0.15, 0.2) is 0 Å². The van der Waals surface area contributed by atoms with Crippen LogP contribution in [0.1, 0.15) is 6.92 Å². The second-order valence-corrected chi connectivity index (χ2v) is 4.28. The highest BCUT2D eigenvalue weighted by molar-refractivity contribution is 6.49. The minimum Gasteiger partial charge on any atom is -0.481 e. The smallest absolute Gasteiger partial charge is 0.300 e. The number of carboxylic acid groups (broad SMARTS) is 1. The zero-order valence-electron chi connectivity index (χ0n) is 8.36. The van der Waals surface area contributed by atoms with E-state index < -0.39 is 35.7 Å². The Morgan fingerprint density at radius 3 is 1.50 bits per heavy atom. The van der Waals surface area contributed by atoms with Gasteiger partial charge in [0.05, 0.1) is 37.1 Å². The molecule has 16 heavy (non-hydrogen) atoms. The lowest BCUT2D eigenvalue weighted by atomic mass is 9.92. The van der Waals surface area contributed by atoms with Gasteiger partial charge in [-0.3, -0.25) is 4.79 Å². The normalized spacial score (nSPS) is 11.7. The van der Waals surface area contributed by atoms with E-state index >= 15 is 0 Å². The van der Waals surface area contributed by atoms with Crippen LogP contribution in [-0.4, -0.2) is 50.7 Å². The van der Waals surface area contributed by atoms with Crippen LogP contribution in [0.2, 0.25) is 0 Å². The quantitative estimate of drug-likeness (QED) is 0.545. The molecule has 6 nitrogen and oxygen atoms in total. The van der Waals surface area contributed by atoms with Crippen molar-refractivity contribution in [1.82, 2.24) is 0 Å². The van der Waals surface area contributed by atoms with Gasteiger partial charge in [-0.05, 0) is 0 Å². The number of rotatable bonds is 5. The molecular weight excluding hydrogens is 286 g/mol. The molecule has 0 aromatic rings. The van der Waals surface area contributed by atoms with E-state index in [1.54, 1.807) is 0 Å². The van der Waals surface area contributed by atoms with Gasteiger partial charge in [-0.2, -0.15) is 0 Å². The van der Waals surface area contributed by atoms with Gasteiger partial charge in [0, 0.05) is 6.92 Å². The van der Waals surface area contributed by atoms with Crippen LogP contribution in [-0.2, 0) is 9.08 Å². The number of aliphatic hydroxyl groups is 3. The molecule has 0 spiro atoms. The van der Waals surface area contributed by atoms with Gasteiger partial charge >= 0.3 is 0 Å². The summed E-state index contributed by atoms with van der Waals surface area (Å²) in [7, 11) is 0. The van der Waals surface area contributed by atoms with Gasteiger partial charge in [-0.25, -0.2) is 4.29 Å². The molecule has 0 bridgehead atoms. The number of carboxylic acids is 1. The molecule has 0 aromatic carbocycles. The molecule has 0 fully saturated rings. The zero-order valence-corrected chi connectivity index (χ0v) is 10.6. The molecule has 0 amide bonds. The fraction of sp³-hybridized carbons (Fsp3) is 0.857. The van der Waals surface area contributed by atoms with Gasteiger partial charge in [0.1, 0.15) is 0 Å². The highest BCUT2D eigenvalue weighted by atomic mass is 35.5. The van der Waals surface area contributed by atoms with Crippen LogP contribution in [0.5, 0.6) is 0 Å². The summed E-state index contributed by atoms with van der Waals surface area (Å²) in [5, 5.41) is 33.9. The maximum atomic E-state index is 9.00. The molecular formula is C7H13Cl3O6. The number of hydrogen-bond acceptors (Lipinski definition) is 5. The van der Waals surface area contributed by atoms with Gasteiger partial charge in [-0.1, -0.05) is 23.2 Å². The van der Waals surface area contributed by atoms with Crippen molar-refractivity contribution in [2.24, 2.45) is 5.41 Å². The fourth-order valence-electron chi connectivity index (χ4n) is 0.508. The summed E-state index contributed by atoms with van der Waals surface area (Å²) < 4.78 is 2.06. The predicted molar refractivity (Wildman–Crippen MR) is 58.4 cm³/mol. The van der Waals surface area contributed by atoms with Crippen LogP contribution in [0.4, 0.5) is 0 Å². The average molecular weight is 300 g/mol. The number of aliphatic hydroxyl groups excluding tert-OH is 3. The van der Waals surface area contributed by atoms with Crippen molar-refractivity contribution in [2.45, 2.75) is 11.4 Å². The van der Waals surface area contributed by atoms with Gasteiger partial charge in [0.25, 0.3) is 5.97 Å². The Labute approximate surface area is 107 Å². The standard InChI is InChI=1S/C5H9Cl3O4.C2H4O2/c6-5(7,12-8)4(1-9,2-10)3-11;1-2(3)4/h9-11H,1-3H2;1H3,(H,3,4). The van der Waals surface area contributed by atoms with Gasteiger partial charge in [0.2, 0.25) is 4.52 Å². The highest BCUT2D eigenvalue weighted by Crippen LogP contribution is 2.42. The summed E-state index contributed by atoms with van der Waals surface area (Å²) in [4.78, 5) is 9.00. The maximum Gasteiger partial charge on any atom is 0.300 e. The van der Waals surface area contributed by atoms with E-state index in [1.807, 2.05) is 0 Å². The Kier molecular flexibility index (Phi) is 9.62. The SMILES string of the molecule is CC(=O)O.OCC(CO)(CO)C(Cl)(Cl)OCl. The topological polar surface area (TPSA) is 107 Å². The van der Waals surface area contributed by atoms with Crippen molar-refractivity contribution in [2.75, 3.05) is 19.8 Å². The maximum absolute atomic E-state index is 9.00. The second kappa shape index (κ2) is 8.30. The molecule has 0 atom stereocenters. The van der Waals surface area contributed by atoms with E-state index in [2.05, 4.69) is 4.29 Å². The Morgan fingerprint density at radius 1 is 1.19 bits per heavy atom. The molecule has 0 rings (SSSR count). The molecule has 0 radical (unpaired) electrons. The first kappa shape index (κ1) is 18.5. The molecule has 0 aromatic heterocycles. The van der Waals surface area contributed by atoms with Crippen LogP contribution in [0.3, 0.4) is 0 Å². The van der Waals surface area contributed by atoms with Crippen molar-refractivity contribution in [3.05, 3.63) is 0 Å². The molecule has 0 saturated carbocycles. The van der Waals surface area contributed by atoms with Crippen LogP contribution in [0, 0.1) is 5.41 Å². The van der Waals surface area contributed by atoms with E-state index in [0.717, 1.165) is 6.92 Å². The number of alkyl halides is 2. The molecule has 4 N–H and O–H groups in total. The molecule has 0 aliphatic carbocycles. The molecule has 0 aliphatic rings. The van der Waals surface area contributed by atoms with Crippen LogP contribution < -0.4 is 0 Å². The molecule has 0 unspecified atom stereocenters. The van der Waals surface area contributed by atoms with Crippen LogP contribution >= 0.6 is 35.1 Å². The largest absolute Gasteiger partial charge is 0.481 e. The Bertz CT molecular complexity index is 194. The lowest BCUT2D eigenvalue weighted by Crippen LogP contribution is -2.49. The fourth-order valence-corrected chi connectivity index (χ4v) is 1.03. The van der Waals surface area contributed by atoms with E-state index in [9.17, 15) is 0 Å². The monoisotopic (exact) mass is 298 g/mol. The first-order valence-electron chi connectivity index (χ1n) is 3.92. The van der Waals surface area contributed by atoms with E-state index in [0.29, 0.717) is 0 Å². The first-order chi connectivity index (χ1) is 7.22. The third kappa shape index (κ3) is 5.49. The van der Waals surface area contributed by atoms with Gasteiger partial charge < -0.3 is 20.4 Å². The lowest BCUT2D eigenvalue weighted by molar-refractivity contribution is -0.134. The summed E-state index contributed by atoms with van der Waals surface area (Å²) in [5.41, 5.74) is -1.59. The minimum absolute atomic E-state index is 0.653. The Morgan fingerprint density at radius 2 is 1.44 bits per heavy atom. The van der Waals surface area contributed by atoms with E-state index in [1.165, 1.54) is 0 Å². The lowest BCUT2D eigenvalue weighted by Gasteiger charge is -2.35. The number of halogens is 3. The average Bonchev–Trinajstić information content (AvgIpc) is 2.20. The first-order valence-corrected chi connectivity index (χ1v) is 4.99. The van der Waals surface area contributed by atoms with Crippen molar-refractivity contribution >= 4 is 41.0 Å². The van der Waals surface area contributed by atoms with Crippen molar-refractivity contribution in [3.63, 3.8) is 0 Å². The van der Waals surface area contributed by atoms with Gasteiger partial charge in [-0.15, -0.1) is 0 Å². The summed E-state index contributed by atoms with van der Waals surface area (Å²) in [6.07, 6.45) is 0. The molecule has 0 heterocycles. The third-order valence-corrected chi connectivity index (χ3v) is 2.97. The summed E-state index contributed by atoms with van der Waals surface area (Å²) >= 11 is 15.9. The summed E-state index contributed by atoms with van der Waals surface area (Å²) in [6.45, 7) is -0.876.